The minimum atomic E-state index is -4.16. The molecule has 4 aromatic rings. The molecule has 0 bridgehead atoms. The van der Waals surface area contributed by atoms with Crippen molar-refractivity contribution in [3.63, 3.8) is 0 Å². The van der Waals surface area contributed by atoms with Gasteiger partial charge in [-0.25, -0.2) is 9.97 Å². The molecule has 180 valence electrons. The van der Waals surface area contributed by atoms with E-state index in [4.69, 9.17) is 0 Å². The molecule has 3 heterocycles. The monoisotopic (exact) mass is 479 g/mol. The van der Waals surface area contributed by atoms with E-state index in [1.54, 1.807) is 35.0 Å². The number of benzene rings is 1. The van der Waals surface area contributed by atoms with Gasteiger partial charge in [0.1, 0.15) is 5.69 Å². The van der Waals surface area contributed by atoms with E-state index in [-0.39, 0.29) is 18.7 Å². The van der Waals surface area contributed by atoms with E-state index in [1.807, 2.05) is 31.2 Å². The van der Waals surface area contributed by atoms with Gasteiger partial charge in [-0.05, 0) is 48.9 Å². The topological polar surface area (TPSA) is 72.2 Å². The molecule has 1 unspecified atom stereocenters. The molecule has 0 radical (unpaired) electrons. The lowest BCUT2D eigenvalue weighted by molar-refractivity contribution is -0.177. The van der Waals surface area contributed by atoms with E-state index in [2.05, 4.69) is 20.3 Å². The van der Waals surface area contributed by atoms with Gasteiger partial charge in [0.15, 0.2) is 0 Å². The molecule has 1 aliphatic rings. The Hall–Kier alpha value is -3.75. The third-order valence-corrected chi connectivity index (χ3v) is 6.46. The number of carbonyl (C=O) groups excluding carboxylic acids is 1. The Kier molecular flexibility index (Phi) is 6.00. The third kappa shape index (κ3) is 4.62. The molecule has 3 aromatic heterocycles. The molecule has 6 nitrogen and oxygen atoms in total. The fourth-order valence-electron chi connectivity index (χ4n) is 4.53. The Morgan fingerprint density at radius 2 is 1.94 bits per heavy atom. The fourth-order valence-corrected chi connectivity index (χ4v) is 4.53. The lowest BCUT2D eigenvalue weighted by Crippen LogP contribution is -2.29. The average molecular weight is 480 g/mol. The van der Waals surface area contributed by atoms with Crippen LogP contribution in [0.15, 0.2) is 54.9 Å². The van der Waals surface area contributed by atoms with Crippen LogP contribution in [0.25, 0.3) is 17.0 Å². The fraction of sp³-hybridized carbons (Fsp3) is 0.308. The molecule has 1 aromatic carbocycles. The van der Waals surface area contributed by atoms with Crippen molar-refractivity contribution >= 4 is 11.7 Å². The molecule has 0 saturated heterocycles. The Bertz CT molecular complexity index is 1380. The van der Waals surface area contributed by atoms with Gasteiger partial charge >= 0.3 is 6.18 Å². The van der Waals surface area contributed by atoms with Crippen LogP contribution in [-0.2, 0) is 25.8 Å². The molecule has 1 aliphatic carbocycles. The van der Waals surface area contributed by atoms with E-state index < -0.39 is 12.1 Å². The number of aromatic nitrogens is 4. The summed E-state index contributed by atoms with van der Waals surface area (Å²) in [4.78, 5) is 26.2. The first kappa shape index (κ1) is 23.0. The normalized spacial score (nSPS) is 15.7. The van der Waals surface area contributed by atoms with E-state index in [0.29, 0.717) is 42.1 Å². The molecule has 0 fully saturated rings. The van der Waals surface area contributed by atoms with Crippen LogP contribution >= 0.6 is 0 Å². The first-order chi connectivity index (χ1) is 16.8. The predicted molar refractivity (Wildman–Crippen MR) is 125 cm³/mol. The van der Waals surface area contributed by atoms with Crippen LogP contribution in [0, 0.1) is 5.92 Å². The van der Waals surface area contributed by atoms with Gasteiger partial charge in [-0.2, -0.15) is 13.2 Å². The van der Waals surface area contributed by atoms with Gasteiger partial charge in [0, 0.05) is 30.2 Å². The van der Waals surface area contributed by atoms with E-state index in [1.165, 1.54) is 0 Å². The van der Waals surface area contributed by atoms with Crippen LogP contribution in [0.2, 0.25) is 0 Å². The number of hydrogen-bond donors (Lipinski definition) is 1. The number of hydrogen-bond acceptors (Lipinski definition) is 4. The molecular formula is C26H24F3N5O. The summed E-state index contributed by atoms with van der Waals surface area (Å²) in [6.45, 7) is 2.28. The number of fused-ring (bicyclic) bond motifs is 2. The number of rotatable bonds is 5. The number of nitrogens with one attached hydrogen (secondary N) is 1. The Morgan fingerprint density at radius 3 is 2.69 bits per heavy atom. The van der Waals surface area contributed by atoms with Crippen molar-refractivity contribution in [3.8, 4) is 11.3 Å². The van der Waals surface area contributed by atoms with Crippen LogP contribution in [-0.4, -0.2) is 31.4 Å². The van der Waals surface area contributed by atoms with Crippen molar-refractivity contribution in [2.45, 2.75) is 45.3 Å². The second-order valence-corrected chi connectivity index (χ2v) is 8.71. The van der Waals surface area contributed by atoms with E-state index in [0.717, 1.165) is 22.5 Å². The number of imidazole rings is 1. The second kappa shape index (κ2) is 9.13. The second-order valence-electron chi connectivity index (χ2n) is 8.71. The van der Waals surface area contributed by atoms with Gasteiger partial charge in [0.25, 0.3) is 5.91 Å². The quantitative estimate of drug-likeness (QED) is 0.440. The molecule has 0 aliphatic heterocycles. The number of amides is 1. The third-order valence-electron chi connectivity index (χ3n) is 6.46. The van der Waals surface area contributed by atoms with Crippen molar-refractivity contribution in [2.24, 2.45) is 5.92 Å². The molecule has 0 saturated carbocycles. The van der Waals surface area contributed by atoms with Gasteiger partial charge in [-0.15, -0.1) is 0 Å². The van der Waals surface area contributed by atoms with Gasteiger partial charge in [0.05, 0.1) is 17.3 Å². The molecule has 35 heavy (non-hydrogen) atoms. The molecule has 1 N–H and O–H groups in total. The summed E-state index contributed by atoms with van der Waals surface area (Å²) in [7, 11) is 0. The van der Waals surface area contributed by atoms with Crippen LogP contribution in [0.1, 0.15) is 46.3 Å². The highest BCUT2D eigenvalue weighted by Crippen LogP contribution is 2.37. The molecular weight excluding hydrogens is 455 g/mol. The van der Waals surface area contributed by atoms with Crippen molar-refractivity contribution < 1.29 is 18.0 Å². The number of nitrogens with zero attached hydrogens (tertiary/aromatic N) is 4. The van der Waals surface area contributed by atoms with E-state index >= 15 is 0 Å². The molecule has 9 heteroatoms. The smallest absolute Gasteiger partial charge is 0.347 e. The number of pyridine rings is 1. The van der Waals surface area contributed by atoms with Crippen LogP contribution in [0.4, 0.5) is 13.2 Å². The maximum absolute atomic E-state index is 13.1. The van der Waals surface area contributed by atoms with E-state index in [9.17, 15) is 18.0 Å². The Morgan fingerprint density at radius 1 is 1.14 bits per heavy atom. The van der Waals surface area contributed by atoms with Crippen molar-refractivity contribution in [1.29, 1.82) is 0 Å². The van der Waals surface area contributed by atoms with Crippen LogP contribution < -0.4 is 5.32 Å². The number of alkyl halides is 3. The lowest BCUT2D eigenvalue weighted by Gasteiger charge is -2.26. The SMILES string of the molecule is CCc1nc2ncccn2c1C(=O)NCc1ccc(-c2ccc3c(n2)CCC(C(F)(F)F)C3)cc1. The van der Waals surface area contributed by atoms with Crippen molar-refractivity contribution in [2.75, 3.05) is 0 Å². The summed E-state index contributed by atoms with van der Waals surface area (Å²) in [5.74, 6) is -1.02. The minimum Gasteiger partial charge on any atom is -0.347 e. The van der Waals surface area contributed by atoms with Gasteiger partial charge in [-0.1, -0.05) is 37.3 Å². The number of halogens is 3. The van der Waals surface area contributed by atoms with Crippen molar-refractivity contribution in [3.05, 3.63) is 83.1 Å². The first-order valence-electron chi connectivity index (χ1n) is 11.6. The summed E-state index contributed by atoms with van der Waals surface area (Å²) in [6, 6.07) is 12.9. The zero-order valence-corrected chi connectivity index (χ0v) is 19.1. The summed E-state index contributed by atoms with van der Waals surface area (Å²) in [6.07, 6.45) is 0.263. The standard InChI is InChI=1S/C26H24F3N5O/c1-2-20-23(34-13-3-12-30-25(34)33-20)24(35)31-15-16-4-6-17(7-5-16)21-10-8-18-14-19(26(27,28)29)9-11-22(18)32-21/h3-8,10,12-13,19H,2,9,11,14-15H2,1H3,(H,31,35). The highest BCUT2D eigenvalue weighted by atomic mass is 19.4. The van der Waals surface area contributed by atoms with Crippen LogP contribution in [0.5, 0.6) is 0 Å². The van der Waals surface area contributed by atoms with Crippen molar-refractivity contribution in [1.82, 2.24) is 24.7 Å². The highest BCUT2D eigenvalue weighted by molar-refractivity contribution is 5.94. The molecule has 1 atom stereocenters. The maximum atomic E-state index is 13.1. The molecule has 5 rings (SSSR count). The van der Waals surface area contributed by atoms with Crippen LogP contribution in [0.3, 0.4) is 0 Å². The summed E-state index contributed by atoms with van der Waals surface area (Å²) in [5, 5.41) is 2.95. The number of aryl methyl sites for hydroxylation is 2. The zero-order valence-electron chi connectivity index (χ0n) is 19.1. The number of carbonyl (C=O) groups is 1. The largest absolute Gasteiger partial charge is 0.392 e. The van der Waals surface area contributed by atoms with Gasteiger partial charge < -0.3 is 5.32 Å². The molecule has 1 amide bonds. The maximum Gasteiger partial charge on any atom is 0.392 e. The summed E-state index contributed by atoms with van der Waals surface area (Å²) in [5.41, 5.74) is 5.12. The predicted octanol–water partition coefficient (Wildman–Crippen LogP) is 4.95. The minimum absolute atomic E-state index is 0.00691. The Labute approximate surface area is 200 Å². The Balaban J connectivity index is 1.27. The molecule has 0 spiro atoms. The first-order valence-corrected chi connectivity index (χ1v) is 11.6. The summed E-state index contributed by atoms with van der Waals surface area (Å²) >= 11 is 0. The summed E-state index contributed by atoms with van der Waals surface area (Å²) < 4.78 is 40.9. The zero-order chi connectivity index (χ0) is 24.6. The highest BCUT2D eigenvalue weighted by Gasteiger charge is 2.41. The van der Waals surface area contributed by atoms with Gasteiger partial charge in [-0.3, -0.25) is 14.2 Å². The lowest BCUT2D eigenvalue weighted by atomic mass is 9.86. The average Bonchev–Trinajstić information content (AvgIpc) is 3.25. The van der Waals surface area contributed by atoms with Gasteiger partial charge in [0.2, 0.25) is 5.78 Å².